The first-order chi connectivity index (χ1) is 11.3. The summed E-state index contributed by atoms with van der Waals surface area (Å²) < 4.78 is 50.4. The van der Waals surface area contributed by atoms with Crippen LogP contribution in [0.15, 0.2) is 53.6 Å². The minimum Gasteiger partial charge on any atom is -0.376 e. The maximum atomic E-state index is 12.7. The lowest BCUT2D eigenvalue weighted by Crippen LogP contribution is -2.26. The minimum absolute atomic E-state index is 0.169. The standard InChI is InChI=1S/C16H13F4N3O/c17-13-6-4-11(5-7-13)9-22-23-15(24)10-21-14-3-1-2-12(8-14)16(18,19)20/h1-9,21H,10H2,(H,23,24)/b22-9-. The average Bonchev–Trinajstić information content (AvgIpc) is 2.54. The Hall–Kier alpha value is -2.90. The first kappa shape index (κ1) is 17.5. The zero-order valence-electron chi connectivity index (χ0n) is 12.3. The van der Waals surface area contributed by atoms with Crippen molar-refractivity contribution in [3.05, 3.63) is 65.5 Å². The Morgan fingerprint density at radius 2 is 1.83 bits per heavy atom. The number of nitrogens with one attached hydrogen (secondary N) is 2. The second kappa shape index (κ2) is 7.58. The van der Waals surface area contributed by atoms with Gasteiger partial charge in [0.15, 0.2) is 0 Å². The van der Waals surface area contributed by atoms with Crippen LogP contribution in [0.2, 0.25) is 0 Å². The molecule has 0 aliphatic heterocycles. The lowest BCUT2D eigenvalue weighted by molar-refractivity contribution is -0.137. The fourth-order valence-corrected chi connectivity index (χ4v) is 1.76. The highest BCUT2D eigenvalue weighted by Crippen LogP contribution is 2.30. The predicted molar refractivity (Wildman–Crippen MR) is 82.1 cm³/mol. The van der Waals surface area contributed by atoms with Crippen LogP contribution >= 0.6 is 0 Å². The van der Waals surface area contributed by atoms with Gasteiger partial charge in [0, 0.05) is 5.69 Å². The van der Waals surface area contributed by atoms with Crippen molar-refractivity contribution in [2.45, 2.75) is 6.18 Å². The molecule has 0 saturated carbocycles. The molecule has 0 aromatic heterocycles. The van der Waals surface area contributed by atoms with Crippen LogP contribution in [0.1, 0.15) is 11.1 Å². The summed E-state index contributed by atoms with van der Waals surface area (Å²) in [6.07, 6.45) is -3.12. The maximum Gasteiger partial charge on any atom is 0.416 e. The molecular formula is C16H13F4N3O. The summed E-state index contributed by atoms with van der Waals surface area (Å²) in [6.45, 7) is -0.248. The van der Waals surface area contributed by atoms with E-state index in [1.165, 1.54) is 42.6 Å². The fraction of sp³-hybridized carbons (Fsp3) is 0.125. The molecule has 0 radical (unpaired) electrons. The zero-order valence-corrected chi connectivity index (χ0v) is 12.3. The molecule has 0 unspecified atom stereocenters. The van der Waals surface area contributed by atoms with Crippen molar-refractivity contribution >= 4 is 17.8 Å². The molecule has 2 rings (SSSR count). The van der Waals surface area contributed by atoms with Crippen molar-refractivity contribution in [2.24, 2.45) is 5.10 Å². The Labute approximate surface area is 135 Å². The van der Waals surface area contributed by atoms with E-state index < -0.39 is 17.6 Å². The number of anilines is 1. The number of hydrazone groups is 1. The van der Waals surface area contributed by atoms with Gasteiger partial charge in [0.25, 0.3) is 5.91 Å². The molecule has 2 N–H and O–H groups in total. The van der Waals surface area contributed by atoms with Gasteiger partial charge >= 0.3 is 6.18 Å². The summed E-state index contributed by atoms with van der Waals surface area (Å²) in [7, 11) is 0. The summed E-state index contributed by atoms with van der Waals surface area (Å²) in [6, 6.07) is 9.97. The third-order valence-electron chi connectivity index (χ3n) is 2.92. The molecule has 8 heteroatoms. The number of carbonyl (C=O) groups excluding carboxylic acids is 1. The molecule has 0 aliphatic rings. The topological polar surface area (TPSA) is 53.5 Å². The van der Waals surface area contributed by atoms with Gasteiger partial charge in [-0.15, -0.1) is 0 Å². The summed E-state index contributed by atoms with van der Waals surface area (Å²) in [5.74, 6) is -0.924. The molecule has 0 spiro atoms. The van der Waals surface area contributed by atoms with Crippen LogP contribution in [0.4, 0.5) is 23.2 Å². The summed E-state index contributed by atoms with van der Waals surface area (Å²) in [4.78, 5) is 11.6. The van der Waals surface area contributed by atoms with E-state index in [2.05, 4.69) is 15.8 Å². The van der Waals surface area contributed by atoms with Gasteiger partial charge in [-0.25, -0.2) is 9.82 Å². The smallest absolute Gasteiger partial charge is 0.376 e. The van der Waals surface area contributed by atoms with Gasteiger partial charge in [0.05, 0.1) is 18.3 Å². The van der Waals surface area contributed by atoms with E-state index in [1.807, 2.05) is 0 Å². The van der Waals surface area contributed by atoms with Crippen molar-refractivity contribution in [3.63, 3.8) is 0 Å². The molecule has 0 aliphatic carbocycles. The van der Waals surface area contributed by atoms with Crippen LogP contribution in [-0.4, -0.2) is 18.7 Å². The summed E-state index contributed by atoms with van der Waals surface area (Å²) in [5, 5.41) is 6.25. The van der Waals surface area contributed by atoms with Crippen molar-refractivity contribution in [1.82, 2.24) is 5.43 Å². The second-order valence-electron chi connectivity index (χ2n) is 4.78. The third kappa shape index (κ3) is 5.38. The predicted octanol–water partition coefficient (Wildman–Crippen LogP) is 3.41. The van der Waals surface area contributed by atoms with Crippen molar-refractivity contribution in [1.29, 1.82) is 0 Å². The number of amides is 1. The quantitative estimate of drug-likeness (QED) is 0.498. The molecule has 2 aromatic carbocycles. The Kier molecular flexibility index (Phi) is 5.51. The highest BCUT2D eigenvalue weighted by atomic mass is 19.4. The molecule has 0 bridgehead atoms. The van der Waals surface area contributed by atoms with Crippen LogP contribution in [0.25, 0.3) is 0 Å². The van der Waals surface area contributed by atoms with Crippen molar-refractivity contribution in [2.75, 3.05) is 11.9 Å². The van der Waals surface area contributed by atoms with E-state index >= 15 is 0 Å². The zero-order chi connectivity index (χ0) is 17.6. The van der Waals surface area contributed by atoms with E-state index in [9.17, 15) is 22.4 Å². The SMILES string of the molecule is O=C(CNc1cccc(C(F)(F)F)c1)N/N=C\c1ccc(F)cc1. The van der Waals surface area contributed by atoms with E-state index in [0.29, 0.717) is 5.56 Å². The van der Waals surface area contributed by atoms with Gasteiger partial charge < -0.3 is 5.32 Å². The number of alkyl halides is 3. The lowest BCUT2D eigenvalue weighted by Gasteiger charge is -2.10. The van der Waals surface area contributed by atoms with Crippen LogP contribution < -0.4 is 10.7 Å². The highest BCUT2D eigenvalue weighted by Gasteiger charge is 2.30. The largest absolute Gasteiger partial charge is 0.416 e. The van der Waals surface area contributed by atoms with Crippen LogP contribution in [0.5, 0.6) is 0 Å². The molecule has 24 heavy (non-hydrogen) atoms. The van der Waals surface area contributed by atoms with Gasteiger partial charge in [0.1, 0.15) is 5.82 Å². The molecule has 0 saturated heterocycles. The van der Waals surface area contributed by atoms with Crippen LogP contribution in [0.3, 0.4) is 0 Å². The van der Waals surface area contributed by atoms with Crippen molar-refractivity contribution in [3.8, 4) is 0 Å². The molecule has 126 valence electrons. The summed E-state index contributed by atoms with van der Waals surface area (Å²) in [5.41, 5.74) is 2.16. The average molecular weight is 339 g/mol. The van der Waals surface area contributed by atoms with Gasteiger partial charge in [-0.2, -0.15) is 18.3 Å². The number of hydrogen-bond acceptors (Lipinski definition) is 3. The minimum atomic E-state index is -4.45. The molecule has 2 aromatic rings. The fourth-order valence-electron chi connectivity index (χ4n) is 1.76. The number of carbonyl (C=O) groups is 1. The van der Waals surface area contributed by atoms with E-state index in [1.54, 1.807) is 0 Å². The van der Waals surface area contributed by atoms with Gasteiger partial charge in [-0.05, 0) is 35.9 Å². The maximum absolute atomic E-state index is 12.7. The van der Waals surface area contributed by atoms with Gasteiger partial charge in [-0.1, -0.05) is 18.2 Å². The first-order valence-electron chi connectivity index (χ1n) is 6.83. The summed E-state index contributed by atoms with van der Waals surface area (Å²) >= 11 is 0. The first-order valence-corrected chi connectivity index (χ1v) is 6.83. The molecule has 0 fully saturated rings. The molecular weight excluding hydrogens is 326 g/mol. The number of halogens is 4. The molecule has 0 heterocycles. The highest BCUT2D eigenvalue weighted by molar-refractivity contribution is 5.84. The van der Waals surface area contributed by atoms with E-state index in [0.717, 1.165) is 12.1 Å². The Morgan fingerprint density at radius 1 is 1.12 bits per heavy atom. The van der Waals surface area contributed by atoms with E-state index in [4.69, 9.17) is 0 Å². The number of benzene rings is 2. The Morgan fingerprint density at radius 3 is 2.50 bits per heavy atom. The Balaban J connectivity index is 1.84. The van der Waals surface area contributed by atoms with E-state index in [-0.39, 0.29) is 18.0 Å². The molecule has 4 nitrogen and oxygen atoms in total. The molecule has 1 amide bonds. The third-order valence-corrected chi connectivity index (χ3v) is 2.92. The van der Waals surface area contributed by atoms with Gasteiger partial charge in [-0.3, -0.25) is 4.79 Å². The van der Waals surface area contributed by atoms with Gasteiger partial charge in [0.2, 0.25) is 0 Å². The van der Waals surface area contributed by atoms with Crippen LogP contribution in [-0.2, 0) is 11.0 Å². The lowest BCUT2D eigenvalue weighted by atomic mass is 10.2. The number of nitrogens with zero attached hydrogens (tertiary/aromatic N) is 1. The monoisotopic (exact) mass is 339 g/mol. The Bertz CT molecular complexity index is 727. The normalized spacial score (nSPS) is 11.5. The van der Waals surface area contributed by atoms with Crippen molar-refractivity contribution < 1.29 is 22.4 Å². The second-order valence-corrected chi connectivity index (χ2v) is 4.78. The number of hydrogen-bond donors (Lipinski definition) is 2. The van der Waals surface area contributed by atoms with Crippen LogP contribution in [0, 0.1) is 5.82 Å². The molecule has 0 atom stereocenters. The number of rotatable bonds is 5.